The second-order valence-corrected chi connectivity index (χ2v) is 8.82. The largest absolute Gasteiger partial charge is 0.342 e. The van der Waals surface area contributed by atoms with Crippen molar-refractivity contribution in [3.8, 4) is 0 Å². The molecule has 0 bridgehead atoms. The van der Waals surface area contributed by atoms with Gasteiger partial charge in [-0.05, 0) is 45.0 Å². The third-order valence-corrected chi connectivity index (χ3v) is 6.42. The fourth-order valence-electron chi connectivity index (χ4n) is 3.07. The van der Waals surface area contributed by atoms with E-state index in [1.165, 1.54) is 11.8 Å². The quantitative estimate of drug-likeness (QED) is 0.426. The fourth-order valence-corrected chi connectivity index (χ4v) is 4.23. The Morgan fingerprint density at radius 2 is 1.91 bits per heavy atom. The summed E-state index contributed by atoms with van der Waals surface area (Å²) in [6, 6.07) is 12.1. The molecular weight excluding hydrogens is 469 g/mol. The van der Waals surface area contributed by atoms with Crippen LogP contribution in [0.3, 0.4) is 0 Å². The molecule has 3 aromatic rings. The molecule has 0 saturated heterocycles. The number of nitrogens with zero attached hydrogens (tertiary/aromatic N) is 3. The van der Waals surface area contributed by atoms with Crippen LogP contribution in [0.2, 0.25) is 10.0 Å². The van der Waals surface area contributed by atoms with Gasteiger partial charge < -0.3 is 15.2 Å². The highest BCUT2D eigenvalue weighted by atomic mass is 35.5. The highest BCUT2D eigenvalue weighted by Gasteiger charge is 2.20. The molecule has 2 amide bonds. The molecule has 0 spiro atoms. The minimum Gasteiger partial charge on any atom is -0.342 e. The van der Waals surface area contributed by atoms with E-state index in [4.69, 9.17) is 23.2 Å². The van der Waals surface area contributed by atoms with Crippen molar-refractivity contribution in [1.29, 1.82) is 0 Å². The van der Waals surface area contributed by atoms with Gasteiger partial charge >= 0.3 is 0 Å². The van der Waals surface area contributed by atoms with Crippen LogP contribution in [0.1, 0.15) is 41.6 Å². The van der Waals surface area contributed by atoms with Gasteiger partial charge in [0.25, 0.3) is 5.91 Å². The van der Waals surface area contributed by atoms with E-state index in [0.717, 1.165) is 5.56 Å². The van der Waals surface area contributed by atoms with E-state index in [-0.39, 0.29) is 23.6 Å². The standard InChI is InChI=1S/C22H23Cl2N5O2S/c1-4-29-20(14(3)25-21(31)15-8-5-7-13(2)11-15)27-28-22(29)32-12-18(30)26-17-10-6-9-16(23)19(17)24/h5-11,14H,4,12H2,1-3H3,(H,25,31)(H,26,30)/t14-/m0/s1. The van der Waals surface area contributed by atoms with Crippen LogP contribution in [0.25, 0.3) is 0 Å². The number of nitrogens with one attached hydrogen (secondary N) is 2. The van der Waals surface area contributed by atoms with Crippen LogP contribution in [0.4, 0.5) is 5.69 Å². The number of aromatic nitrogens is 3. The first-order valence-electron chi connectivity index (χ1n) is 9.97. The van der Waals surface area contributed by atoms with Crippen LogP contribution in [0.5, 0.6) is 0 Å². The first-order chi connectivity index (χ1) is 15.3. The molecule has 10 heteroatoms. The zero-order valence-electron chi connectivity index (χ0n) is 17.9. The molecule has 1 heterocycles. The van der Waals surface area contributed by atoms with Crippen LogP contribution < -0.4 is 10.6 Å². The number of carbonyl (C=O) groups excluding carboxylic acids is 2. The lowest BCUT2D eigenvalue weighted by Crippen LogP contribution is -2.28. The van der Waals surface area contributed by atoms with E-state index in [1.807, 2.05) is 43.5 Å². The van der Waals surface area contributed by atoms with Gasteiger partial charge in [0.1, 0.15) is 0 Å². The summed E-state index contributed by atoms with van der Waals surface area (Å²) in [4.78, 5) is 25.0. The molecule has 2 N–H and O–H groups in total. The zero-order chi connectivity index (χ0) is 23.3. The van der Waals surface area contributed by atoms with Crippen molar-refractivity contribution in [2.75, 3.05) is 11.1 Å². The van der Waals surface area contributed by atoms with Gasteiger partial charge in [0.05, 0.1) is 27.5 Å². The molecule has 0 unspecified atom stereocenters. The summed E-state index contributed by atoms with van der Waals surface area (Å²) in [5, 5.41) is 15.4. The Morgan fingerprint density at radius 1 is 1.16 bits per heavy atom. The van der Waals surface area contributed by atoms with Crippen molar-refractivity contribution in [3.63, 3.8) is 0 Å². The summed E-state index contributed by atoms with van der Waals surface area (Å²) < 4.78 is 1.88. The molecule has 2 aromatic carbocycles. The number of anilines is 1. The molecule has 0 fully saturated rings. The maximum absolute atomic E-state index is 12.6. The van der Waals surface area contributed by atoms with Gasteiger partial charge in [-0.25, -0.2) is 0 Å². The number of halogens is 2. The van der Waals surface area contributed by atoms with Crippen LogP contribution in [0.15, 0.2) is 47.6 Å². The Hall–Kier alpha value is -2.55. The zero-order valence-corrected chi connectivity index (χ0v) is 20.2. The second kappa shape index (κ2) is 10.8. The van der Waals surface area contributed by atoms with Gasteiger partial charge in [-0.1, -0.05) is 58.7 Å². The molecule has 0 aliphatic carbocycles. The van der Waals surface area contributed by atoms with Gasteiger partial charge in [-0.3, -0.25) is 9.59 Å². The van der Waals surface area contributed by atoms with Gasteiger partial charge in [-0.15, -0.1) is 10.2 Å². The third kappa shape index (κ3) is 5.82. The van der Waals surface area contributed by atoms with E-state index < -0.39 is 0 Å². The smallest absolute Gasteiger partial charge is 0.251 e. The molecule has 0 radical (unpaired) electrons. The Kier molecular flexibility index (Phi) is 8.17. The molecule has 7 nitrogen and oxygen atoms in total. The van der Waals surface area contributed by atoms with Gasteiger partial charge in [-0.2, -0.15) is 0 Å². The van der Waals surface area contributed by atoms with Crippen molar-refractivity contribution in [3.05, 3.63) is 69.5 Å². The number of amides is 2. The molecule has 1 aromatic heterocycles. The first-order valence-corrected chi connectivity index (χ1v) is 11.7. The Morgan fingerprint density at radius 3 is 2.62 bits per heavy atom. The average molecular weight is 492 g/mol. The molecule has 0 aliphatic heterocycles. The normalized spacial score (nSPS) is 11.8. The monoisotopic (exact) mass is 491 g/mol. The van der Waals surface area contributed by atoms with Crippen molar-refractivity contribution in [1.82, 2.24) is 20.1 Å². The van der Waals surface area contributed by atoms with Crippen molar-refractivity contribution >= 4 is 52.5 Å². The number of carbonyl (C=O) groups is 2. The third-order valence-electron chi connectivity index (χ3n) is 4.63. The van der Waals surface area contributed by atoms with Crippen LogP contribution >= 0.6 is 35.0 Å². The van der Waals surface area contributed by atoms with Gasteiger partial charge in [0.2, 0.25) is 5.91 Å². The second-order valence-electron chi connectivity index (χ2n) is 7.09. The number of hydrogen-bond donors (Lipinski definition) is 2. The topological polar surface area (TPSA) is 88.9 Å². The maximum Gasteiger partial charge on any atom is 0.251 e. The lowest BCUT2D eigenvalue weighted by atomic mass is 10.1. The predicted molar refractivity (Wildman–Crippen MR) is 129 cm³/mol. The van der Waals surface area contributed by atoms with Crippen LogP contribution in [-0.4, -0.2) is 32.3 Å². The van der Waals surface area contributed by atoms with Crippen molar-refractivity contribution in [2.45, 2.75) is 38.5 Å². The maximum atomic E-state index is 12.6. The average Bonchev–Trinajstić information content (AvgIpc) is 3.18. The van der Waals surface area contributed by atoms with E-state index in [9.17, 15) is 9.59 Å². The van der Waals surface area contributed by atoms with E-state index in [2.05, 4.69) is 20.8 Å². The Labute approximate surface area is 200 Å². The summed E-state index contributed by atoms with van der Waals surface area (Å²) in [7, 11) is 0. The van der Waals surface area contributed by atoms with Gasteiger partial charge in [0.15, 0.2) is 11.0 Å². The lowest BCUT2D eigenvalue weighted by Gasteiger charge is -2.15. The van der Waals surface area contributed by atoms with E-state index in [0.29, 0.717) is 38.8 Å². The molecule has 3 rings (SSSR count). The molecule has 168 valence electrons. The Bertz CT molecular complexity index is 1140. The Balaban J connectivity index is 1.64. The SMILES string of the molecule is CCn1c(SCC(=O)Nc2cccc(Cl)c2Cl)nnc1[C@H](C)NC(=O)c1cccc(C)c1. The summed E-state index contributed by atoms with van der Waals surface area (Å²) in [6.07, 6.45) is 0. The van der Waals surface area contributed by atoms with Gasteiger partial charge in [0, 0.05) is 12.1 Å². The van der Waals surface area contributed by atoms with Crippen molar-refractivity contribution in [2.24, 2.45) is 0 Å². The number of rotatable bonds is 8. The number of aryl methyl sites for hydroxylation is 1. The minimum absolute atomic E-state index is 0.116. The fraction of sp³-hybridized carbons (Fsp3) is 0.273. The number of thioether (sulfide) groups is 1. The van der Waals surface area contributed by atoms with Crippen LogP contribution in [0, 0.1) is 6.92 Å². The molecular formula is C22H23Cl2N5O2S. The molecule has 0 aliphatic rings. The number of benzene rings is 2. The van der Waals surface area contributed by atoms with Crippen molar-refractivity contribution < 1.29 is 9.59 Å². The summed E-state index contributed by atoms with van der Waals surface area (Å²) >= 11 is 13.4. The lowest BCUT2D eigenvalue weighted by molar-refractivity contribution is -0.113. The molecule has 1 atom stereocenters. The minimum atomic E-state index is -0.357. The van der Waals surface area contributed by atoms with E-state index in [1.54, 1.807) is 24.3 Å². The first kappa shape index (κ1) is 24.1. The molecule has 0 saturated carbocycles. The highest BCUT2D eigenvalue weighted by molar-refractivity contribution is 7.99. The predicted octanol–water partition coefficient (Wildman–Crippen LogP) is 5.14. The van der Waals surface area contributed by atoms with E-state index >= 15 is 0 Å². The highest BCUT2D eigenvalue weighted by Crippen LogP contribution is 2.30. The summed E-state index contributed by atoms with van der Waals surface area (Å²) in [5.74, 6) is 0.311. The summed E-state index contributed by atoms with van der Waals surface area (Å²) in [5.41, 5.74) is 2.05. The molecule has 32 heavy (non-hydrogen) atoms. The van der Waals surface area contributed by atoms with Crippen LogP contribution in [-0.2, 0) is 11.3 Å². The summed E-state index contributed by atoms with van der Waals surface area (Å²) in [6.45, 7) is 6.34. The number of hydrogen-bond acceptors (Lipinski definition) is 5.